The summed E-state index contributed by atoms with van der Waals surface area (Å²) in [6, 6.07) is 10.6. The molecule has 2 aromatic carbocycles. The number of carbonyl (C=O) groups excluding carboxylic acids is 2. The van der Waals surface area contributed by atoms with E-state index in [1.165, 1.54) is 31.5 Å². The Kier molecular flexibility index (Phi) is 3.80. The number of methoxy groups -OCH3 is 1. The van der Waals surface area contributed by atoms with Gasteiger partial charge in [-0.05, 0) is 36.4 Å². The molecule has 0 aliphatic carbocycles. The number of nitrogens with one attached hydrogen (secondary N) is 2. The number of benzene rings is 2. The van der Waals surface area contributed by atoms with Crippen molar-refractivity contribution in [2.45, 2.75) is 0 Å². The molecule has 0 aliphatic rings. The van der Waals surface area contributed by atoms with Crippen molar-refractivity contribution in [3.63, 3.8) is 0 Å². The predicted octanol–water partition coefficient (Wildman–Crippen LogP) is 3.35. The van der Waals surface area contributed by atoms with Crippen LogP contribution in [0.4, 0.5) is 10.1 Å². The summed E-state index contributed by atoms with van der Waals surface area (Å²) in [7, 11) is 1.29. The van der Waals surface area contributed by atoms with Gasteiger partial charge in [0.1, 0.15) is 5.82 Å². The molecule has 6 heteroatoms. The third-order valence-electron chi connectivity index (χ3n) is 3.43. The van der Waals surface area contributed by atoms with Gasteiger partial charge in [0.25, 0.3) is 5.91 Å². The highest BCUT2D eigenvalue weighted by molar-refractivity contribution is 6.13. The molecular formula is C17H13FN2O3. The maximum Gasteiger partial charge on any atom is 0.337 e. The molecule has 0 atom stereocenters. The smallest absolute Gasteiger partial charge is 0.337 e. The summed E-state index contributed by atoms with van der Waals surface area (Å²) >= 11 is 0. The average molecular weight is 312 g/mol. The standard InChI is InChI=1S/C17H13FN2O3/c1-23-17(22)10-3-2-4-12(7-10)20-16(21)14-9-19-15-8-11(18)5-6-13(14)15/h2-9,19H,1H3,(H,20,21). The van der Waals surface area contributed by atoms with Gasteiger partial charge >= 0.3 is 5.97 Å². The first-order valence-corrected chi connectivity index (χ1v) is 6.85. The Bertz CT molecular complexity index is 902. The molecule has 0 saturated carbocycles. The van der Waals surface area contributed by atoms with Crippen molar-refractivity contribution in [2.24, 2.45) is 0 Å². The minimum Gasteiger partial charge on any atom is -0.465 e. The summed E-state index contributed by atoms with van der Waals surface area (Å²) < 4.78 is 17.8. The molecule has 0 saturated heterocycles. The Morgan fingerprint density at radius 1 is 1.17 bits per heavy atom. The summed E-state index contributed by atoms with van der Waals surface area (Å²) in [5.74, 6) is -1.22. The summed E-state index contributed by atoms with van der Waals surface area (Å²) in [6.45, 7) is 0. The number of H-pyrrole nitrogens is 1. The molecule has 116 valence electrons. The maximum absolute atomic E-state index is 13.2. The van der Waals surface area contributed by atoms with Gasteiger partial charge in [-0.15, -0.1) is 0 Å². The van der Waals surface area contributed by atoms with E-state index in [0.717, 1.165) is 0 Å². The first-order chi connectivity index (χ1) is 11.1. The quantitative estimate of drug-likeness (QED) is 0.729. The molecule has 5 nitrogen and oxygen atoms in total. The summed E-state index contributed by atoms with van der Waals surface area (Å²) in [6.07, 6.45) is 1.52. The van der Waals surface area contributed by atoms with Crippen molar-refractivity contribution in [3.8, 4) is 0 Å². The van der Waals surface area contributed by atoms with Crippen LogP contribution in [0.2, 0.25) is 0 Å². The third-order valence-corrected chi connectivity index (χ3v) is 3.43. The Hall–Kier alpha value is -3.15. The summed E-state index contributed by atoms with van der Waals surface area (Å²) in [4.78, 5) is 26.8. The highest BCUT2D eigenvalue weighted by Crippen LogP contribution is 2.21. The number of fused-ring (bicyclic) bond motifs is 1. The van der Waals surface area contributed by atoms with E-state index in [1.807, 2.05) is 0 Å². The number of amides is 1. The third kappa shape index (κ3) is 2.91. The predicted molar refractivity (Wildman–Crippen MR) is 84.0 cm³/mol. The SMILES string of the molecule is COC(=O)c1cccc(NC(=O)c2c[nH]c3cc(F)ccc23)c1. The lowest BCUT2D eigenvalue weighted by atomic mass is 10.1. The van der Waals surface area contributed by atoms with Crippen LogP contribution in [-0.4, -0.2) is 24.0 Å². The number of hydrogen-bond donors (Lipinski definition) is 2. The molecular weight excluding hydrogens is 299 g/mol. The molecule has 2 N–H and O–H groups in total. The first-order valence-electron chi connectivity index (χ1n) is 6.85. The molecule has 0 spiro atoms. The van der Waals surface area contributed by atoms with Crippen LogP contribution in [0.1, 0.15) is 20.7 Å². The number of anilines is 1. The fourth-order valence-electron chi connectivity index (χ4n) is 2.33. The molecule has 1 amide bonds. The number of halogens is 1. The Labute approximate surface area is 131 Å². The van der Waals surface area contributed by atoms with Gasteiger partial charge in [0.15, 0.2) is 0 Å². The molecule has 0 unspecified atom stereocenters. The zero-order chi connectivity index (χ0) is 16.4. The van der Waals surface area contributed by atoms with Crippen LogP contribution in [0.3, 0.4) is 0 Å². The molecule has 23 heavy (non-hydrogen) atoms. The molecule has 1 aromatic heterocycles. The van der Waals surface area contributed by atoms with Gasteiger partial charge in [-0.1, -0.05) is 6.07 Å². The highest BCUT2D eigenvalue weighted by Gasteiger charge is 2.13. The van der Waals surface area contributed by atoms with Gasteiger partial charge < -0.3 is 15.0 Å². The largest absolute Gasteiger partial charge is 0.465 e. The minimum absolute atomic E-state index is 0.339. The van der Waals surface area contributed by atoms with Gasteiger partial charge in [-0.3, -0.25) is 4.79 Å². The maximum atomic E-state index is 13.2. The topological polar surface area (TPSA) is 71.2 Å². The Balaban J connectivity index is 1.87. The van der Waals surface area contributed by atoms with Crippen LogP contribution in [0.15, 0.2) is 48.7 Å². The number of rotatable bonds is 3. The molecule has 0 aliphatic heterocycles. The number of ether oxygens (including phenoxy) is 1. The molecule has 3 rings (SSSR count). The first kappa shape index (κ1) is 14.8. The molecule has 0 radical (unpaired) electrons. The second-order valence-corrected chi connectivity index (χ2v) is 4.92. The second kappa shape index (κ2) is 5.92. The van der Waals surface area contributed by atoms with E-state index < -0.39 is 5.97 Å². The van der Waals surface area contributed by atoms with Crippen molar-refractivity contribution >= 4 is 28.5 Å². The normalized spacial score (nSPS) is 10.5. The van der Waals surface area contributed by atoms with Crippen molar-refractivity contribution in [3.05, 3.63) is 65.6 Å². The monoisotopic (exact) mass is 312 g/mol. The van der Waals surface area contributed by atoms with Gasteiger partial charge in [-0.2, -0.15) is 0 Å². The van der Waals surface area contributed by atoms with Gasteiger partial charge in [0.2, 0.25) is 0 Å². The number of hydrogen-bond acceptors (Lipinski definition) is 3. The van der Waals surface area contributed by atoms with E-state index in [0.29, 0.717) is 27.7 Å². The van der Waals surface area contributed by atoms with E-state index in [4.69, 9.17) is 0 Å². The molecule has 1 heterocycles. The van der Waals surface area contributed by atoms with Crippen LogP contribution < -0.4 is 5.32 Å². The Morgan fingerprint density at radius 3 is 2.78 bits per heavy atom. The van der Waals surface area contributed by atoms with E-state index >= 15 is 0 Å². The van der Waals surface area contributed by atoms with Crippen molar-refractivity contribution in [2.75, 3.05) is 12.4 Å². The fourth-order valence-corrected chi connectivity index (χ4v) is 2.33. The molecule has 0 fully saturated rings. The zero-order valence-corrected chi connectivity index (χ0v) is 12.2. The lowest BCUT2D eigenvalue weighted by molar-refractivity contribution is 0.0600. The van der Waals surface area contributed by atoms with Crippen molar-refractivity contribution in [1.29, 1.82) is 0 Å². The summed E-state index contributed by atoms with van der Waals surface area (Å²) in [5.41, 5.74) is 1.74. The minimum atomic E-state index is -0.483. The van der Waals surface area contributed by atoms with E-state index in [9.17, 15) is 14.0 Å². The van der Waals surface area contributed by atoms with Gasteiger partial charge in [0.05, 0.1) is 18.2 Å². The van der Waals surface area contributed by atoms with E-state index in [1.54, 1.807) is 24.3 Å². The highest BCUT2D eigenvalue weighted by atomic mass is 19.1. The lowest BCUT2D eigenvalue weighted by Crippen LogP contribution is -2.12. The lowest BCUT2D eigenvalue weighted by Gasteiger charge is -2.06. The Morgan fingerprint density at radius 2 is 2.00 bits per heavy atom. The summed E-state index contributed by atoms with van der Waals surface area (Å²) in [5, 5.41) is 3.33. The molecule has 0 bridgehead atoms. The number of esters is 1. The zero-order valence-electron chi connectivity index (χ0n) is 12.2. The van der Waals surface area contributed by atoms with Crippen LogP contribution in [0.5, 0.6) is 0 Å². The van der Waals surface area contributed by atoms with Crippen LogP contribution in [0.25, 0.3) is 10.9 Å². The van der Waals surface area contributed by atoms with Crippen molar-refractivity contribution < 1.29 is 18.7 Å². The van der Waals surface area contributed by atoms with E-state index in [-0.39, 0.29) is 11.7 Å². The second-order valence-electron chi connectivity index (χ2n) is 4.92. The van der Waals surface area contributed by atoms with Crippen LogP contribution in [-0.2, 0) is 4.74 Å². The van der Waals surface area contributed by atoms with Crippen LogP contribution >= 0.6 is 0 Å². The molecule has 3 aromatic rings. The van der Waals surface area contributed by atoms with E-state index in [2.05, 4.69) is 15.0 Å². The van der Waals surface area contributed by atoms with Crippen molar-refractivity contribution in [1.82, 2.24) is 4.98 Å². The number of aromatic nitrogens is 1. The van der Waals surface area contributed by atoms with Gasteiger partial charge in [-0.25, -0.2) is 9.18 Å². The number of aromatic amines is 1. The number of carbonyl (C=O) groups is 2. The van der Waals surface area contributed by atoms with Gasteiger partial charge in [0, 0.05) is 22.8 Å². The van der Waals surface area contributed by atoms with Crippen LogP contribution in [0, 0.1) is 5.82 Å². The average Bonchev–Trinajstić information content (AvgIpc) is 2.97. The fraction of sp³-hybridized carbons (Fsp3) is 0.0588.